The van der Waals surface area contributed by atoms with Crippen LogP contribution in [0.4, 0.5) is 17.8 Å². The number of rotatable bonds is 9. The summed E-state index contributed by atoms with van der Waals surface area (Å²) in [6, 6.07) is 0. The minimum atomic E-state index is 0.240. The van der Waals surface area contributed by atoms with E-state index in [1.54, 1.807) is 0 Å². The van der Waals surface area contributed by atoms with E-state index in [2.05, 4.69) is 34.1 Å². The van der Waals surface area contributed by atoms with Gasteiger partial charge in [-0.05, 0) is 27.2 Å². The van der Waals surface area contributed by atoms with Gasteiger partial charge in [0.2, 0.25) is 17.8 Å². The number of nitrogens with two attached hydrogens (primary N) is 1. The van der Waals surface area contributed by atoms with Gasteiger partial charge >= 0.3 is 0 Å². The van der Waals surface area contributed by atoms with Crippen molar-refractivity contribution in [3.05, 3.63) is 0 Å². The van der Waals surface area contributed by atoms with Crippen LogP contribution < -0.4 is 16.0 Å². The Morgan fingerprint density at radius 3 is 2.53 bits per heavy atom. The van der Waals surface area contributed by atoms with Crippen molar-refractivity contribution in [2.45, 2.75) is 27.2 Å². The van der Waals surface area contributed by atoms with Crippen LogP contribution in [-0.2, 0) is 4.74 Å². The predicted molar refractivity (Wildman–Crippen MR) is 77.4 cm³/mol. The molecule has 1 aromatic rings. The van der Waals surface area contributed by atoms with Crippen molar-refractivity contribution in [3.8, 4) is 0 Å². The second-order valence-electron chi connectivity index (χ2n) is 3.97. The number of nitrogen functional groups attached to an aromatic ring is 1. The number of aromatic nitrogens is 3. The Labute approximate surface area is 114 Å². The van der Waals surface area contributed by atoms with Crippen LogP contribution in [0.2, 0.25) is 0 Å². The Kier molecular flexibility index (Phi) is 6.88. The van der Waals surface area contributed by atoms with E-state index in [1.165, 1.54) is 0 Å². The Morgan fingerprint density at radius 1 is 1.16 bits per heavy atom. The smallest absolute Gasteiger partial charge is 0.231 e. The van der Waals surface area contributed by atoms with Crippen molar-refractivity contribution in [1.29, 1.82) is 0 Å². The third kappa shape index (κ3) is 5.25. The number of ether oxygens (including phenoxy) is 1. The lowest BCUT2D eigenvalue weighted by Gasteiger charge is -2.19. The van der Waals surface area contributed by atoms with Crippen molar-refractivity contribution in [2.24, 2.45) is 0 Å². The fourth-order valence-electron chi connectivity index (χ4n) is 1.63. The highest BCUT2D eigenvalue weighted by Crippen LogP contribution is 2.11. The normalized spacial score (nSPS) is 10.5. The Balaban J connectivity index is 2.58. The molecule has 0 amide bonds. The average molecular weight is 268 g/mol. The van der Waals surface area contributed by atoms with Crippen molar-refractivity contribution in [3.63, 3.8) is 0 Å². The van der Waals surface area contributed by atoms with Gasteiger partial charge in [-0.1, -0.05) is 0 Å². The van der Waals surface area contributed by atoms with E-state index in [0.29, 0.717) is 11.9 Å². The molecule has 0 saturated heterocycles. The molecule has 108 valence electrons. The van der Waals surface area contributed by atoms with Gasteiger partial charge in [0.05, 0.1) is 0 Å². The predicted octanol–water partition coefficient (Wildman–Crippen LogP) is 1.14. The van der Waals surface area contributed by atoms with Crippen molar-refractivity contribution < 1.29 is 4.74 Å². The molecule has 7 nitrogen and oxygen atoms in total. The van der Waals surface area contributed by atoms with Crippen molar-refractivity contribution in [2.75, 3.05) is 48.8 Å². The molecule has 0 unspecified atom stereocenters. The van der Waals surface area contributed by atoms with E-state index in [-0.39, 0.29) is 5.95 Å². The zero-order chi connectivity index (χ0) is 14.1. The molecule has 0 aromatic carbocycles. The molecule has 0 atom stereocenters. The third-order valence-electron chi connectivity index (χ3n) is 2.64. The molecule has 7 heteroatoms. The minimum absolute atomic E-state index is 0.240. The molecule has 1 rings (SSSR count). The summed E-state index contributed by atoms with van der Waals surface area (Å²) in [4.78, 5) is 14.6. The molecule has 19 heavy (non-hydrogen) atoms. The summed E-state index contributed by atoms with van der Waals surface area (Å²) in [5.74, 6) is 1.37. The third-order valence-corrected chi connectivity index (χ3v) is 2.64. The summed E-state index contributed by atoms with van der Waals surface area (Å²) in [5, 5.41) is 3.14. The average Bonchev–Trinajstić information content (AvgIpc) is 2.39. The molecular formula is C12H24N6O. The highest BCUT2D eigenvalue weighted by Gasteiger charge is 2.09. The topological polar surface area (TPSA) is 89.2 Å². The highest BCUT2D eigenvalue weighted by molar-refractivity contribution is 5.41. The molecule has 0 aliphatic rings. The molecule has 0 saturated carbocycles. The molecular weight excluding hydrogens is 244 g/mol. The molecule has 3 N–H and O–H groups in total. The van der Waals surface area contributed by atoms with Gasteiger partial charge in [0.1, 0.15) is 0 Å². The van der Waals surface area contributed by atoms with Gasteiger partial charge in [0.25, 0.3) is 0 Å². The molecule has 0 bridgehead atoms. The molecule has 1 aromatic heterocycles. The van der Waals surface area contributed by atoms with Gasteiger partial charge in [-0.2, -0.15) is 15.0 Å². The largest absolute Gasteiger partial charge is 0.382 e. The first kappa shape index (κ1) is 15.4. The molecule has 0 spiro atoms. The molecule has 0 aliphatic carbocycles. The summed E-state index contributed by atoms with van der Waals surface area (Å²) >= 11 is 0. The highest BCUT2D eigenvalue weighted by atomic mass is 16.5. The maximum Gasteiger partial charge on any atom is 0.231 e. The number of hydrogen-bond donors (Lipinski definition) is 2. The van der Waals surface area contributed by atoms with Gasteiger partial charge in [0, 0.05) is 32.8 Å². The van der Waals surface area contributed by atoms with Crippen LogP contribution in [0.1, 0.15) is 27.2 Å². The van der Waals surface area contributed by atoms with E-state index < -0.39 is 0 Å². The number of anilines is 3. The lowest BCUT2D eigenvalue weighted by molar-refractivity contribution is 0.147. The lowest BCUT2D eigenvalue weighted by Crippen LogP contribution is -2.25. The van der Waals surface area contributed by atoms with Crippen LogP contribution in [0, 0.1) is 0 Å². The van der Waals surface area contributed by atoms with Gasteiger partial charge < -0.3 is 20.7 Å². The summed E-state index contributed by atoms with van der Waals surface area (Å²) in [5.41, 5.74) is 5.70. The SMILES string of the molecule is CCOCCCNc1nc(N)nc(N(CC)CC)n1. The summed E-state index contributed by atoms with van der Waals surface area (Å²) in [7, 11) is 0. The summed E-state index contributed by atoms with van der Waals surface area (Å²) in [6.45, 7) is 9.99. The van der Waals surface area contributed by atoms with E-state index in [0.717, 1.165) is 39.3 Å². The van der Waals surface area contributed by atoms with E-state index in [9.17, 15) is 0 Å². The van der Waals surface area contributed by atoms with Crippen LogP contribution >= 0.6 is 0 Å². The van der Waals surface area contributed by atoms with Crippen molar-refractivity contribution >= 4 is 17.8 Å². The first-order valence-corrected chi connectivity index (χ1v) is 6.79. The van der Waals surface area contributed by atoms with E-state index >= 15 is 0 Å². The molecule has 0 radical (unpaired) electrons. The van der Waals surface area contributed by atoms with Crippen LogP contribution in [0.5, 0.6) is 0 Å². The maximum atomic E-state index is 5.70. The quantitative estimate of drug-likeness (QED) is 0.649. The van der Waals surface area contributed by atoms with Gasteiger partial charge in [-0.15, -0.1) is 0 Å². The van der Waals surface area contributed by atoms with Gasteiger partial charge in [0.15, 0.2) is 0 Å². The van der Waals surface area contributed by atoms with Gasteiger partial charge in [-0.3, -0.25) is 0 Å². The van der Waals surface area contributed by atoms with Crippen LogP contribution in [0.15, 0.2) is 0 Å². The second kappa shape index (κ2) is 8.47. The van der Waals surface area contributed by atoms with Crippen LogP contribution in [0.25, 0.3) is 0 Å². The second-order valence-corrected chi connectivity index (χ2v) is 3.97. The number of hydrogen-bond acceptors (Lipinski definition) is 7. The zero-order valence-electron chi connectivity index (χ0n) is 12.0. The number of nitrogens with one attached hydrogen (secondary N) is 1. The zero-order valence-corrected chi connectivity index (χ0v) is 12.0. The standard InChI is InChI=1S/C12H24N6O/c1-4-18(5-2)12-16-10(13)15-11(17-12)14-8-7-9-19-6-3/h4-9H2,1-3H3,(H3,13,14,15,16,17). The molecule has 0 aliphatic heterocycles. The van der Waals surface area contributed by atoms with Crippen molar-refractivity contribution in [1.82, 2.24) is 15.0 Å². The monoisotopic (exact) mass is 268 g/mol. The fourth-order valence-corrected chi connectivity index (χ4v) is 1.63. The first-order chi connectivity index (χ1) is 9.21. The Bertz CT molecular complexity index is 369. The Morgan fingerprint density at radius 2 is 1.89 bits per heavy atom. The summed E-state index contributed by atoms with van der Waals surface area (Å²) < 4.78 is 5.27. The van der Waals surface area contributed by atoms with Gasteiger partial charge in [-0.25, -0.2) is 0 Å². The minimum Gasteiger partial charge on any atom is -0.382 e. The first-order valence-electron chi connectivity index (χ1n) is 6.79. The molecule has 0 fully saturated rings. The fraction of sp³-hybridized carbons (Fsp3) is 0.750. The van der Waals surface area contributed by atoms with Crippen LogP contribution in [0.3, 0.4) is 0 Å². The van der Waals surface area contributed by atoms with E-state index in [4.69, 9.17) is 10.5 Å². The Hall–Kier alpha value is -1.63. The number of nitrogens with zero attached hydrogens (tertiary/aromatic N) is 4. The lowest BCUT2D eigenvalue weighted by atomic mass is 10.4. The van der Waals surface area contributed by atoms with E-state index in [1.807, 2.05) is 11.8 Å². The maximum absolute atomic E-state index is 5.70. The molecule has 1 heterocycles. The summed E-state index contributed by atoms with van der Waals surface area (Å²) in [6.07, 6.45) is 0.903. The van der Waals surface area contributed by atoms with Crippen LogP contribution in [-0.4, -0.2) is 47.8 Å².